The Hall–Kier alpha value is -3.78. The molecule has 2 heterocycles. The first-order chi connectivity index (χ1) is 16.1. The van der Waals surface area contributed by atoms with E-state index >= 15 is 0 Å². The van der Waals surface area contributed by atoms with Gasteiger partial charge >= 0.3 is 0 Å². The number of fused-ring (bicyclic) bond motifs is 3. The summed E-state index contributed by atoms with van der Waals surface area (Å²) in [7, 11) is 0. The van der Waals surface area contributed by atoms with Crippen molar-refractivity contribution in [2.75, 3.05) is 11.1 Å². The minimum absolute atomic E-state index is 0.0320. The molecule has 5 rings (SSSR count). The van der Waals surface area contributed by atoms with E-state index < -0.39 is 17.8 Å². The van der Waals surface area contributed by atoms with Crippen LogP contribution >= 0.6 is 11.8 Å². The fourth-order valence-electron chi connectivity index (χ4n) is 3.75. The fourth-order valence-corrected chi connectivity index (χ4v) is 4.55. The molecule has 6 nitrogen and oxygen atoms in total. The second kappa shape index (κ2) is 8.99. The predicted molar refractivity (Wildman–Crippen MR) is 128 cm³/mol. The van der Waals surface area contributed by atoms with Crippen molar-refractivity contribution >= 4 is 46.0 Å². The summed E-state index contributed by atoms with van der Waals surface area (Å²) in [4.78, 5) is 36.6. The molecule has 33 heavy (non-hydrogen) atoms. The second-order valence-electron chi connectivity index (χ2n) is 7.56. The van der Waals surface area contributed by atoms with E-state index in [-0.39, 0.29) is 17.3 Å². The van der Waals surface area contributed by atoms with Crippen LogP contribution in [0.25, 0.3) is 0 Å². The highest BCUT2D eigenvalue weighted by Gasteiger charge is 2.41. The number of nitrogens with zero attached hydrogens (tertiary/aromatic N) is 3. The number of nitrogens with one attached hydrogen (secondary N) is 1. The van der Waals surface area contributed by atoms with Crippen molar-refractivity contribution < 1.29 is 14.0 Å². The van der Waals surface area contributed by atoms with Gasteiger partial charge in [0.05, 0.1) is 17.1 Å². The van der Waals surface area contributed by atoms with Crippen molar-refractivity contribution in [3.05, 3.63) is 95.8 Å². The van der Waals surface area contributed by atoms with Crippen LogP contribution < -0.4 is 5.32 Å². The third-order valence-corrected chi connectivity index (χ3v) is 6.24. The van der Waals surface area contributed by atoms with E-state index in [2.05, 4.69) is 10.3 Å². The van der Waals surface area contributed by atoms with Crippen molar-refractivity contribution in [2.45, 2.75) is 12.5 Å². The summed E-state index contributed by atoms with van der Waals surface area (Å²) in [6.45, 7) is 0. The summed E-state index contributed by atoms with van der Waals surface area (Å²) >= 11 is 1.12. The van der Waals surface area contributed by atoms with Gasteiger partial charge in [-0.25, -0.2) is 14.3 Å². The molecule has 2 amide bonds. The number of halogens is 1. The molecular formula is C25H19FN4O2S. The van der Waals surface area contributed by atoms with Gasteiger partial charge in [-0.05, 0) is 29.8 Å². The standard InChI is InChI=1S/C25H19FN4O2S/c26-18-11-5-7-13-20(18)27-22(31)15-33-25-29-19-12-6-4-10-17(19)23-28-21(24(32)30(23)25)14-16-8-2-1-3-9-16/h1-13,21H,14-15H2,(H,27,31)/t21-/m0/s1. The van der Waals surface area contributed by atoms with Gasteiger partial charge in [-0.3, -0.25) is 14.6 Å². The van der Waals surface area contributed by atoms with Gasteiger partial charge < -0.3 is 5.32 Å². The first kappa shape index (κ1) is 21.1. The molecule has 8 heteroatoms. The van der Waals surface area contributed by atoms with Gasteiger partial charge in [0.25, 0.3) is 5.91 Å². The number of anilines is 1. The largest absolute Gasteiger partial charge is 0.323 e. The Kier molecular flexibility index (Phi) is 5.75. The van der Waals surface area contributed by atoms with E-state index in [0.717, 1.165) is 22.9 Å². The van der Waals surface area contributed by atoms with Gasteiger partial charge in [0.2, 0.25) is 5.91 Å². The van der Waals surface area contributed by atoms with E-state index in [1.54, 1.807) is 12.1 Å². The Morgan fingerprint density at radius 2 is 1.73 bits per heavy atom. The van der Waals surface area contributed by atoms with Crippen LogP contribution in [0.5, 0.6) is 0 Å². The minimum Gasteiger partial charge on any atom is -0.323 e. The molecule has 0 aromatic heterocycles. The number of carbonyl (C=O) groups excluding carboxylic acids is 2. The lowest BCUT2D eigenvalue weighted by molar-refractivity contribution is -0.124. The third-order valence-electron chi connectivity index (χ3n) is 5.30. The van der Waals surface area contributed by atoms with E-state index in [4.69, 9.17) is 4.99 Å². The SMILES string of the molecule is O=C(CSC1=Nc2ccccc2C2=N[C@@H](Cc3ccccc3)C(=O)N12)Nc1ccccc1F. The molecule has 2 aliphatic rings. The number of amides is 2. The Morgan fingerprint density at radius 1 is 1.00 bits per heavy atom. The smallest absolute Gasteiger partial charge is 0.259 e. The van der Waals surface area contributed by atoms with Crippen molar-refractivity contribution in [3.63, 3.8) is 0 Å². The number of hydrogen-bond donors (Lipinski definition) is 1. The molecule has 0 saturated heterocycles. The minimum atomic E-state index is -0.563. The first-order valence-electron chi connectivity index (χ1n) is 10.4. The van der Waals surface area contributed by atoms with Crippen molar-refractivity contribution in [1.82, 2.24) is 4.90 Å². The van der Waals surface area contributed by atoms with Gasteiger partial charge in [-0.1, -0.05) is 66.4 Å². The monoisotopic (exact) mass is 458 g/mol. The topological polar surface area (TPSA) is 74.1 Å². The maximum atomic E-state index is 13.8. The number of carbonyl (C=O) groups is 2. The first-order valence-corrected chi connectivity index (χ1v) is 11.4. The summed E-state index contributed by atoms with van der Waals surface area (Å²) in [5, 5.41) is 2.94. The zero-order valence-electron chi connectivity index (χ0n) is 17.4. The molecule has 0 bridgehead atoms. The van der Waals surface area contributed by atoms with Gasteiger partial charge in [-0.2, -0.15) is 0 Å². The Bertz CT molecular complexity index is 1290. The zero-order valence-corrected chi connectivity index (χ0v) is 18.3. The molecule has 164 valence electrons. The highest BCUT2D eigenvalue weighted by atomic mass is 32.2. The molecule has 0 radical (unpaired) electrons. The summed E-state index contributed by atoms with van der Waals surface area (Å²) in [5.41, 5.74) is 2.60. The molecule has 0 aliphatic carbocycles. The van der Waals surface area contributed by atoms with E-state index in [9.17, 15) is 14.0 Å². The number of amidine groups is 2. The highest BCUT2D eigenvalue weighted by Crippen LogP contribution is 2.34. The number of aliphatic imine (C=N–C) groups is 2. The summed E-state index contributed by atoms with van der Waals surface area (Å²) in [6.07, 6.45) is 0.480. The van der Waals surface area contributed by atoms with Gasteiger partial charge in [0, 0.05) is 12.0 Å². The average molecular weight is 459 g/mol. The summed E-state index contributed by atoms with van der Waals surface area (Å²) < 4.78 is 13.8. The molecule has 0 spiro atoms. The van der Waals surface area contributed by atoms with E-state index in [1.807, 2.05) is 54.6 Å². The maximum Gasteiger partial charge on any atom is 0.259 e. The second-order valence-corrected chi connectivity index (χ2v) is 8.50. The molecule has 0 fully saturated rings. The van der Waals surface area contributed by atoms with Crippen molar-refractivity contribution in [3.8, 4) is 0 Å². The lowest BCUT2D eigenvalue weighted by Crippen LogP contribution is -2.41. The predicted octanol–water partition coefficient (Wildman–Crippen LogP) is 4.40. The number of hydrogen-bond acceptors (Lipinski definition) is 5. The molecule has 2 aliphatic heterocycles. The number of thioether (sulfide) groups is 1. The molecular weight excluding hydrogens is 439 g/mol. The Balaban J connectivity index is 1.37. The Morgan fingerprint density at radius 3 is 2.55 bits per heavy atom. The normalized spacial score (nSPS) is 16.6. The van der Waals surface area contributed by atoms with Gasteiger partial charge in [0.1, 0.15) is 17.7 Å². The number of para-hydroxylation sites is 2. The van der Waals surface area contributed by atoms with Crippen LogP contribution in [0.4, 0.5) is 15.8 Å². The molecule has 0 unspecified atom stereocenters. The third kappa shape index (κ3) is 4.29. The van der Waals surface area contributed by atoms with Crippen LogP contribution in [0.2, 0.25) is 0 Å². The quantitative estimate of drug-likeness (QED) is 0.616. The molecule has 0 saturated carbocycles. The lowest BCUT2D eigenvalue weighted by atomic mass is 10.1. The van der Waals surface area contributed by atoms with Crippen molar-refractivity contribution in [1.29, 1.82) is 0 Å². The van der Waals surface area contributed by atoms with Crippen LogP contribution in [0.1, 0.15) is 11.1 Å². The fraction of sp³-hybridized carbons (Fsp3) is 0.120. The van der Waals surface area contributed by atoms with Gasteiger partial charge in [0.15, 0.2) is 5.17 Å². The summed E-state index contributed by atoms with van der Waals surface area (Å²) in [5.74, 6) is -0.562. The van der Waals surface area contributed by atoms with Crippen LogP contribution in [0, 0.1) is 5.82 Å². The van der Waals surface area contributed by atoms with Gasteiger partial charge in [-0.15, -0.1) is 0 Å². The van der Waals surface area contributed by atoms with E-state index in [1.165, 1.54) is 17.0 Å². The molecule has 3 aromatic rings. The van der Waals surface area contributed by atoms with Crippen LogP contribution in [0.15, 0.2) is 88.8 Å². The van der Waals surface area contributed by atoms with Crippen LogP contribution in [-0.2, 0) is 16.0 Å². The van der Waals surface area contributed by atoms with E-state index in [0.29, 0.717) is 23.1 Å². The maximum absolute atomic E-state index is 13.8. The number of benzene rings is 3. The molecule has 3 aromatic carbocycles. The summed E-state index contributed by atoms with van der Waals surface area (Å²) in [6, 6.07) is 22.6. The number of rotatable bonds is 5. The zero-order chi connectivity index (χ0) is 22.8. The molecule has 1 atom stereocenters. The highest BCUT2D eigenvalue weighted by molar-refractivity contribution is 8.14. The van der Waals surface area contributed by atoms with Crippen LogP contribution in [-0.4, -0.2) is 39.5 Å². The van der Waals surface area contributed by atoms with Crippen molar-refractivity contribution in [2.24, 2.45) is 9.98 Å². The van der Waals surface area contributed by atoms with Crippen LogP contribution in [0.3, 0.4) is 0 Å². The lowest BCUT2D eigenvalue weighted by Gasteiger charge is -2.25. The average Bonchev–Trinajstić information content (AvgIpc) is 3.16. The Labute approximate surface area is 194 Å². The molecule has 1 N–H and O–H groups in total.